The summed E-state index contributed by atoms with van der Waals surface area (Å²) in [6.45, 7) is 0.221. The lowest BCUT2D eigenvalue weighted by Gasteiger charge is -2.31. The minimum Gasteiger partial charge on any atom is -0.479 e. The van der Waals surface area contributed by atoms with E-state index in [0.717, 1.165) is 0 Å². The standard InChI is InChI=1S/C17H14FN5O3/c18-10-4-2-1-3-9(10)12-7-13(22-21-12)16(24)23-6-5-11-14(20-8-19-11)15(23)17(25)26/h1-4,7-8,15H,5-6H2,(H,19,20)(H,21,22)(H,25,26)/t15-/m1/s1. The van der Waals surface area contributed by atoms with Crippen LogP contribution >= 0.6 is 0 Å². The van der Waals surface area contributed by atoms with Crippen molar-refractivity contribution in [2.24, 2.45) is 0 Å². The average Bonchev–Trinajstić information content (AvgIpc) is 3.29. The molecule has 4 rings (SSSR count). The Labute approximate surface area is 146 Å². The Morgan fingerprint density at radius 3 is 2.88 bits per heavy atom. The predicted octanol–water partition coefficient (Wildman–Crippen LogP) is 1.76. The number of aromatic amines is 2. The highest BCUT2D eigenvalue weighted by Crippen LogP contribution is 2.29. The van der Waals surface area contributed by atoms with E-state index >= 15 is 0 Å². The number of carboxylic acids is 1. The topological polar surface area (TPSA) is 115 Å². The highest BCUT2D eigenvalue weighted by molar-refractivity contribution is 5.96. The van der Waals surface area contributed by atoms with Crippen molar-refractivity contribution >= 4 is 11.9 Å². The van der Waals surface area contributed by atoms with Crippen LogP contribution in [0.3, 0.4) is 0 Å². The van der Waals surface area contributed by atoms with Gasteiger partial charge in [0.15, 0.2) is 6.04 Å². The van der Waals surface area contributed by atoms with E-state index in [9.17, 15) is 19.1 Å². The van der Waals surface area contributed by atoms with Crippen LogP contribution in [-0.4, -0.2) is 48.6 Å². The number of nitrogens with zero attached hydrogens (tertiary/aromatic N) is 3. The number of carbonyl (C=O) groups is 2. The maximum atomic E-state index is 13.9. The molecule has 9 heteroatoms. The first kappa shape index (κ1) is 16.0. The first-order valence-corrected chi connectivity index (χ1v) is 7.92. The van der Waals surface area contributed by atoms with Crippen molar-refractivity contribution in [3.8, 4) is 11.3 Å². The summed E-state index contributed by atoms with van der Waals surface area (Å²) in [5, 5.41) is 16.1. The maximum Gasteiger partial charge on any atom is 0.332 e. The molecule has 1 atom stereocenters. The van der Waals surface area contributed by atoms with Crippen LogP contribution in [0.25, 0.3) is 11.3 Å². The average molecular weight is 355 g/mol. The molecular formula is C17H14FN5O3. The lowest BCUT2D eigenvalue weighted by molar-refractivity contribution is -0.143. The number of H-pyrrole nitrogens is 2. The number of halogens is 1. The fourth-order valence-electron chi connectivity index (χ4n) is 3.14. The highest BCUT2D eigenvalue weighted by Gasteiger charge is 2.38. The van der Waals surface area contributed by atoms with Gasteiger partial charge in [-0.05, 0) is 18.2 Å². The van der Waals surface area contributed by atoms with E-state index < -0.39 is 23.7 Å². The Morgan fingerprint density at radius 1 is 1.31 bits per heavy atom. The number of benzene rings is 1. The number of carboxylic acid groups (broad SMARTS) is 1. The molecule has 26 heavy (non-hydrogen) atoms. The third kappa shape index (κ3) is 2.53. The second-order valence-corrected chi connectivity index (χ2v) is 5.90. The number of aliphatic carboxylic acids is 1. The van der Waals surface area contributed by atoms with Gasteiger partial charge in [-0.15, -0.1) is 0 Å². The molecule has 8 nitrogen and oxygen atoms in total. The molecule has 2 aromatic heterocycles. The number of carbonyl (C=O) groups excluding carboxylic acids is 1. The number of imidazole rings is 1. The molecule has 0 saturated carbocycles. The Kier molecular flexibility index (Phi) is 3.76. The summed E-state index contributed by atoms with van der Waals surface area (Å²) >= 11 is 0. The summed E-state index contributed by atoms with van der Waals surface area (Å²) < 4.78 is 13.9. The zero-order chi connectivity index (χ0) is 18.3. The summed E-state index contributed by atoms with van der Waals surface area (Å²) in [5.41, 5.74) is 1.65. The van der Waals surface area contributed by atoms with Crippen LogP contribution < -0.4 is 0 Å². The molecule has 1 aliphatic heterocycles. The second-order valence-electron chi connectivity index (χ2n) is 5.90. The molecule has 0 spiro atoms. The van der Waals surface area contributed by atoms with Crippen molar-refractivity contribution in [3.05, 3.63) is 59.6 Å². The van der Waals surface area contributed by atoms with Gasteiger partial charge in [-0.2, -0.15) is 5.10 Å². The molecule has 0 radical (unpaired) electrons. The molecule has 1 aliphatic rings. The van der Waals surface area contributed by atoms with Crippen LogP contribution in [0.5, 0.6) is 0 Å². The molecule has 3 aromatic rings. The van der Waals surface area contributed by atoms with Gasteiger partial charge in [-0.1, -0.05) is 12.1 Å². The normalized spacial score (nSPS) is 16.3. The van der Waals surface area contributed by atoms with Crippen LogP contribution in [-0.2, 0) is 11.2 Å². The summed E-state index contributed by atoms with van der Waals surface area (Å²) in [6.07, 6.45) is 1.89. The van der Waals surface area contributed by atoms with Crippen LogP contribution in [0.1, 0.15) is 27.9 Å². The SMILES string of the molecule is O=C(O)[C@H]1c2nc[nH]c2CCN1C(=O)c1cc(-c2ccccc2F)n[nH]1. The first-order chi connectivity index (χ1) is 12.6. The summed E-state index contributed by atoms with van der Waals surface area (Å²) in [6, 6.07) is 6.31. The lowest BCUT2D eigenvalue weighted by Crippen LogP contribution is -2.43. The third-order valence-electron chi connectivity index (χ3n) is 4.38. The molecule has 0 saturated heterocycles. The van der Waals surface area contributed by atoms with Gasteiger partial charge in [-0.3, -0.25) is 9.89 Å². The zero-order valence-electron chi connectivity index (χ0n) is 13.4. The Morgan fingerprint density at radius 2 is 2.12 bits per heavy atom. The maximum absolute atomic E-state index is 13.9. The van der Waals surface area contributed by atoms with E-state index in [0.29, 0.717) is 17.8 Å². The van der Waals surface area contributed by atoms with Gasteiger partial charge in [-0.25, -0.2) is 14.2 Å². The van der Waals surface area contributed by atoms with Gasteiger partial charge in [0.25, 0.3) is 5.91 Å². The Balaban J connectivity index is 1.66. The number of rotatable bonds is 3. The molecular weight excluding hydrogens is 341 g/mol. The molecule has 0 fully saturated rings. The number of nitrogens with one attached hydrogen (secondary N) is 2. The zero-order valence-corrected chi connectivity index (χ0v) is 13.4. The van der Waals surface area contributed by atoms with Crippen molar-refractivity contribution in [2.45, 2.75) is 12.5 Å². The molecule has 0 aliphatic carbocycles. The fraction of sp³-hybridized carbons (Fsp3) is 0.176. The predicted molar refractivity (Wildman–Crippen MR) is 87.7 cm³/mol. The van der Waals surface area contributed by atoms with Crippen molar-refractivity contribution in [1.82, 2.24) is 25.1 Å². The summed E-state index contributed by atoms with van der Waals surface area (Å²) in [7, 11) is 0. The highest BCUT2D eigenvalue weighted by atomic mass is 19.1. The molecule has 1 amide bonds. The summed E-state index contributed by atoms with van der Waals surface area (Å²) in [4.78, 5) is 32.7. The van der Waals surface area contributed by atoms with Crippen molar-refractivity contribution < 1.29 is 19.1 Å². The van der Waals surface area contributed by atoms with Crippen LogP contribution in [0, 0.1) is 5.82 Å². The quantitative estimate of drug-likeness (QED) is 0.662. The van der Waals surface area contributed by atoms with Crippen molar-refractivity contribution in [1.29, 1.82) is 0 Å². The second kappa shape index (κ2) is 6.10. The van der Waals surface area contributed by atoms with E-state index in [1.54, 1.807) is 18.2 Å². The lowest BCUT2D eigenvalue weighted by atomic mass is 10.0. The van der Waals surface area contributed by atoms with Crippen LogP contribution in [0.15, 0.2) is 36.7 Å². The van der Waals surface area contributed by atoms with E-state index in [1.165, 1.54) is 23.4 Å². The van der Waals surface area contributed by atoms with E-state index in [-0.39, 0.29) is 23.5 Å². The largest absolute Gasteiger partial charge is 0.479 e. The van der Waals surface area contributed by atoms with Gasteiger partial charge in [0, 0.05) is 24.2 Å². The molecule has 3 heterocycles. The van der Waals surface area contributed by atoms with Crippen LogP contribution in [0.2, 0.25) is 0 Å². The number of amides is 1. The minimum absolute atomic E-state index is 0.0912. The molecule has 0 bridgehead atoms. The number of fused-ring (bicyclic) bond motifs is 1. The van der Waals surface area contributed by atoms with E-state index in [2.05, 4.69) is 20.2 Å². The molecule has 3 N–H and O–H groups in total. The fourth-order valence-corrected chi connectivity index (χ4v) is 3.14. The van der Waals surface area contributed by atoms with E-state index in [1.807, 2.05) is 0 Å². The molecule has 0 unspecified atom stereocenters. The van der Waals surface area contributed by atoms with Crippen LogP contribution in [0.4, 0.5) is 4.39 Å². The smallest absolute Gasteiger partial charge is 0.332 e. The molecule has 1 aromatic carbocycles. The van der Waals surface area contributed by atoms with Gasteiger partial charge >= 0.3 is 5.97 Å². The van der Waals surface area contributed by atoms with Gasteiger partial charge in [0.05, 0.1) is 17.7 Å². The Bertz CT molecular complexity index is 996. The Hall–Kier alpha value is -3.49. The molecule has 132 valence electrons. The van der Waals surface area contributed by atoms with Crippen molar-refractivity contribution in [3.63, 3.8) is 0 Å². The van der Waals surface area contributed by atoms with Gasteiger partial charge < -0.3 is 15.0 Å². The summed E-state index contributed by atoms with van der Waals surface area (Å²) in [5.74, 6) is -2.15. The third-order valence-corrected chi connectivity index (χ3v) is 4.38. The first-order valence-electron chi connectivity index (χ1n) is 7.92. The van der Waals surface area contributed by atoms with Gasteiger partial charge in [0.2, 0.25) is 0 Å². The number of hydrogen-bond donors (Lipinski definition) is 3. The monoisotopic (exact) mass is 355 g/mol. The van der Waals surface area contributed by atoms with E-state index in [4.69, 9.17) is 0 Å². The number of aromatic nitrogens is 4. The minimum atomic E-state index is -1.18. The van der Waals surface area contributed by atoms with Gasteiger partial charge in [0.1, 0.15) is 11.5 Å². The van der Waals surface area contributed by atoms with Crippen molar-refractivity contribution in [2.75, 3.05) is 6.54 Å². The number of hydrogen-bond acceptors (Lipinski definition) is 4.